The van der Waals surface area contributed by atoms with E-state index in [2.05, 4.69) is 0 Å². The molecule has 19 heavy (non-hydrogen) atoms. The molecule has 104 valence electrons. The average molecular weight is 285 g/mol. The van der Waals surface area contributed by atoms with Crippen molar-refractivity contribution in [1.29, 1.82) is 0 Å². The summed E-state index contributed by atoms with van der Waals surface area (Å²) in [5.74, 6) is -1.46. The van der Waals surface area contributed by atoms with Crippen LogP contribution in [0.5, 0.6) is 0 Å². The molecule has 1 rings (SSSR count). The molecule has 0 saturated heterocycles. The number of amides is 1. The van der Waals surface area contributed by atoms with E-state index in [9.17, 15) is 14.0 Å². The van der Waals surface area contributed by atoms with Crippen LogP contribution in [0.15, 0.2) is 24.3 Å². The van der Waals surface area contributed by atoms with Gasteiger partial charge in [-0.3, -0.25) is 9.59 Å². The van der Waals surface area contributed by atoms with E-state index in [1.54, 1.807) is 25.2 Å². The van der Waals surface area contributed by atoms with Crippen molar-refractivity contribution < 1.29 is 19.1 Å². The zero-order chi connectivity index (χ0) is 14.4. The summed E-state index contributed by atoms with van der Waals surface area (Å²) >= 11 is 1.05. The van der Waals surface area contributed by atoms with Gasteiger partial charge in [-0.05, 0) is 13.0 Å². The molecule has 4 nitrogen and oxygen atoms in total. The van der Waals surface area contributed by atoms with Gasteiger partial charge >= 0.3 is 5.97 Å². The Labute approximate surface area is 115 Å². The van der Waals surface area contributed by atoms with Gasteiger partial charge in [0.25, 0.3) is 0 Å². The van der Waals surface area contributed by atoms with Crippen molar-refractivity contribution in [2.75, 3.05) is 12.8 Å². The molecule has 0 fully saturated rings. The van der Waals surface area contributed by atoms with Crippen LogP contribution in [0, 0.1) is 5.82 Å². The van der Waals surface area contributed by atoms with Crippen LogP contribution in [0.2, 0.25) is 0 Å². The normalized spacial score (nSPS) is 11.9. The van der Waals surface area contributed by atoms with Crippen molar-refractivity contribution >= 4 is 23.6 Å². The number of aliphatic carboxylic acids is 1. The van der Waals surface area contributed by atoms with E-state index in [0.29, 0.717) is 5.56 Å². The van der Waals surface area contributed by atoms with Crippen molar-refractivity contribution in [2.24, 2.45) is 0 Å². The summed E-state index contributed by atoms with van der Waals surface area (Å²) in [6.45, 7) is 1.70. The monoisotopic (exact) mass is 285 g/mol. The average Bonchev–Trinajstić information content (AvgIpc) is 2.37. The van der Waals surface area contributed by atoms with Gasteiger partial charge in [0.15, 0.2) is 0 Å². The number of carbonyl (C=O) groups excluding carboxylic acids is 1. The Morgan fingerprint density at radius 3 is 2.63 bits per heavy atom. The zero-order valence-corrected chi connectivity index (χ0v) is 11.6. The third-order valence-corrected chi connectivity index (χ3v) is 3.71. The van der Waals surface area contributed by atoms with Crippen molar-refractivity contribution in [3.63, 3.8) is 0 Å². The molecular weight excluding hydrogens is 269 g/mol. The smallest absolute Gasteiger partial charge is 0.316 e. The Balaban J connectivity index is 2.50. The summed E-state index contributed by atoms with van der Waals surface area (Å²) in [4.78, 5) is 23.8. The Hall–Kier alpha value is -1.56. The van der Waals surface area contributed by atoms with Crippen LogP contribution in [0.3, 0.4) is 0 Å². The van der Waals surface area contributed by atoms with Crippen LogP contribution in [-0.2, 0) is 16.1 Å². The molecule has 0 heterocycles. The standard InChI is InChI=1S/C13H16FNO3S/c1-9(13(17)18)19-8-12(16)15(2)7-10-5-3-4-6-11(10)14/h3-6,9H,7-8H2,1-2H3,(H,17,18). The number of carboxylic acids is 1. The number of hydrogen-bond acceptors (Lipinski definition) is 3. The minimum atomic E-state index is -0.949. The molecule has 6 heteroatoms. The quantitative estimate of drug-likeness (QED) is 0.868. The summed E-state index contributed by atoms with van der Waals surface area (Å²) < 4.78 is 13.4. The summed E-state index contributed by atoms with van der Waals surface area (Å²) in [5.41, 5.74) is 0.439. The Morgan fingerprint density at radius 2 is 2.05 bits per heavy atom. The minimum Gasteiger partial charge on any atom is -0.480 e. The molecule has 1 unspecified atom stereocenters. The van der Waals surface area contributed by atoms with E-state index in [-0.39, 0.29) is 24.0 Å². The second kappa shape index (κ2) is 7.13. The van der Waals surface area contributed by atoms with Crippen molar-refractivity contribution in [3.8, 4) is 0 Å². The first-order chi connectivity index (χ1) is 8.91. The molecule has 0 bridgehead atoms. The highest BCUT2D eigenvalue weighted by atomic mass is 32.2. The third-order valence-electron chi connectivity index (χ3n) is 2.60. The molecule has 1 aromatic carbocycles. The fraction of sp³-hybridized carbons (Fsp3) is 0.385. The fourth-order valence-corrected chi connectivity index (χ4v) is 2.10. The molecule has 0 aliphatic carbocycles. The van der Waals surface area contributed by atoms with Crippen LogP contribution in [0.1, 0.15) is 12.5 Å². The van der Waals surface area contributed by atoms with Crippen LogP contribution in [0.4, 0.5) is 4.39 Å². The van der Waals surface area contributed by atoms with E-state index in [4.69, 9.17) is 5.11 Å². The van der Waals surface area contributed by atoms with Crippen molar-refractivity contribution in [1.82, 2.24) is 4.90 Å². The summed E-state index contributed by atoms with van der Waals surface area (Å²) in [5, 5.41) is 8.08. The number of nitrogens with zero attached hydrogens (tertiary/aromatic N) is 1. The van der Waals surface area contributed by atoms with Gasteiger partial charge in [0, 0.05) is 19.2 Å². The Morgan fingerprint density at radius 1 is 1.42 bits per heavy atom. The topological polar surface area (TPSA) is 57.6 Å². The van der Waals surface area contributed by atoms with Gasteiger partial charge in [-0.1, -0.05) is 18.2 Å². The molecule has 1 atom stereocenters. The first kappa shape index (κ1) is 15.5. The molecule has 0 spiro atoms. The van der Waals surface area contributed by atoms with E-state index in [1.165, 1.54) is 17.9 Å². The number of thioether (sulfide) groups is 1. The predicted octanol–water partition coefficient (Wildman–Crippen LogP) is 1.99. The molecule has 1 N–H and O–H groups in total. The molecule has 0 aliphatic rings. The lowest BCUT2D eigenvalue weighted by Crippen LogP contribution is -2.29. The van der Waals surface area contributed by atoms with Crippen LogP contribution in [-0.4, -0.2) is 39.9 Å². The zero-order valence-electron chi connectivity index (χ0n) is 10.8. The van der Waals surface area contributed by atoms with E-state index in [0.717, 1.165) is 11.8 Å². The number of rotatable bonds is 6. The first-order valence-corrected chi connectivity index (χ1v) is 6.78. The molecule has 1 amide bonds. The highest BCUT2D eigenvalue weighted by Gasteiger charge is 2.16. The van der Waals surface area contributed by atoms with Gasteiger partial charge in [-0.15, -0.1) is 11.8 Å². The number of halogens is 1. The van der Waals surface area contributed by atoms with E-state index in [1.807, 2.05) is 0 Å². The van der Waals surface area contributed by atoms with Crippen LogP contribution < -0.4 is 0 Å². The van der Waals surface area contributed by atoms with Crippen LogP contribution >= 0.6 is 11.8 Å². The predicted molar refractivity (Wildman–Crippen MR) is 72.4 cm³/mol. The van der Waals surface area contributed by atoms with Gasteiger partial charge in [0.1, 0.15) is 5.82 Å². The maximum Gasteiger partial charge on any atom is 0.316 e. The minimum absolute atomic E-state index is 0.0679. The lowest BCUT2D eigenvalue weighted by atomic mass is 10.2. The van der Waals surface area contributed by atoms with Gasteiger partial charge in [-0.25, -0.2) is 4.39 Å². The number of benzene rings is 1. The van der Waals surface area contributed by atoms with E-state index < -0.39 is 11.2 Å². The van der Waals surface area contributed by atoms with Gasteiger partial charge in [0.2, 0.25) is 5.91 Å². The Kier molecular flexibility index (Phi) is 5.82. The lowest BCUT2D eigenvalue weighted by molar-refractivity contribution is -0.136. The SMILES string of the molecule is CC(SCC(=O)N(C)Cc1ccccc1F)C(=O)O. The van der Waals surface area contributed by atoms with Crippen molar-refractivity contribution in [3.05, 3.63) is 35.6 Å². The number of carbonyl (C=O) groups is 2. The maximum atomic E-state index is 13.4. The maximum absolute atomic E-state index is 13.4. The molecule has 0 aliphatic heterocycles. The molecule has 1 aromatic rings. The fourth-order valence-electron chi connectivity index (χ4n) is 1.35. The second-order valence-corrected chi connectivity index (χ2v) is 5.46. The molecule has 0 saturated carbocycles. The Bertz CT molecular complexity index is 467. The van der Waals surface area contributed by atoms with Crippen molar-refractivity contribution in [2.45, 2.75) is 18.7 Å². The summed E-state index contributed by atoms with van der Waals surface area (Å²) in [6, 6.07) is 6.25. The third kappa shape index (κ3) is 4.90. The number of carboxylic acid groups (broad SMARTS) is 1. The molecule has 0 aromatic heterocycles. The largest absolute Gasteiger partial charge is 0.480 e. The van der Waals surface area contributed by atoms with Gasteiger partial charge in [-0.2, -0.15) is 0 Å². The molecule has 0 radical (unpaired) electrons. The van der Waals surface area contributed by atoms with E-state index >= 15 is 0 Å². The lowest BCUT2D eigenvalue weighted by Gasteiger charge is -2.18. The highest BCUT2D eigenvalue weighted by molar-refractivity contribution is 8.01. The highest BCUT2D eigenvalue weighted by Crippen LogP contribution is 2.13. The first-order valence-electron chi connectivity index (χ1n) is 5.73. The molecular formula is C13H16FNO3S. The second-order valence-electron chi connectivity index (χ2n) is 4.13. The summed E-state index contributed by atoms with van der Waals surface area (Å²) in [7, 11) is 1.57. The summed E-state index contributed by atoms with van der Waals surface area (Å²) in [6.07, 6.45) is 0. The van der Waals surface area contributed by atoms with Crippen LogP contribution in [0.25, 0.3) is 0 Å². The van der Waals surface area contributed by atoms with Gasteiger partial charge in [0.05, 0.1) is 11.0 Å². The van der Waals surface area contributed by atoms with Gasteiger partial charge < -0.3 is 10.0 Å². The number of hydrogen-bond donors (Lipinski definition) is 1.